The van der Waals surface area contributed by atoms with E-state index in [0.717, 1.165) is 0 Å². The minimum atomic E-state index is 0. The molecule has 6 heavy (non-hydrogen) atoms. The number of rotatable bonds is 2. The summed E-state index contributed by atoms with van der Waals surface area (Å²) in [6.45, 7) is 4.55. The van der Waals surface area contributed by atoms with Gasteiger partial charge in [-0.1, -0.05) is 25.9 Å². The van der Waals surface area contributed by atoms with Crippen molar-refractivity contribution < 1.29 is 5.48 Å². The fraction of sp³-hybridized carbons (Fsp3) is 1.00. The molecule has 0 aromatic heterocycles. The Labute approximate surface area is 41.9 Å². The van der Waals surface area contributed by atoms with Crippen molar-refractivity contribution in [3.8, 4) is 0 Å². The van der Waals surface area contributed by atoms with Crippen LogP contribution in [0.5, 0.6) is 0 Å². The highest BCUT2D eigenvalue weighted by molar-refractivity contribution is 6.34. The van der Waals surface area contributed by atoms with Crippen LogP contribution in [0.25, 0.3) is 0 Å². The highest BCUT2D eigenvalue weighted by Crippen LogP contribution is 1.77. The van der Waals surface area contributed by atoms with E-state index in [-0.39, 0.29) is 5.48 Å². The standard InChI is InChI=1S/C4H12Si.O/c1-3-5-4-2;/h3-5H2,1-2H3;. The summed E-state index contributed by atoms with van der Waals surface area (Å²) in [5, 5.41) is 0. The molecule has 0 unspecified atom stereocenters. The lowest BCUT2D eigenvalue weighted by atomic mass is 11.0. The smallest absolute Gasteiger partial charge is 0.0192 e. The first kappa shape index (κ1) is 9.49. The van der Waals surface area contributed by atoms with Crippen molar-refractivity contribution in [3.05, 3.63) is 0 Å². The summed E-state index contributed by atoms with van der Waals surface area (Å²) < 4.78 is 0. The molecular weight excluding hydrogens is 92.1 g/mol. The summed E-state index contributed by atoms with van der Waals surface area (Å²) in [5.74, 6) is 0. The van der Waals surface area contributed by atoms with Crippen LogP contribution < -0.4 is 0 Å². The SMILES string of the molecule is CC[SiH2]CC.[O]. The fourth-order valence-corrected chi connectivity index (χ4v) is 1.06. The van der Waals surface area contributed by atoms with Gasteiger partial charge in [0.2, 0.25) is 0 Å². The first-order valence-corrected chi connectivity index (χ1v) is 4.41. The highest BCUT2D eigenvalue weighted by Gasteiger charge is 1.70. The van der Waals surface area contributed by atoms with Crippen molar-refractivity contribution in [1.29, 1.82) is 0 Å². The van der Waals surface area contributed by atoms with Gasteiger partial charge < -0.3 is 0 Å². The van der Waals surface area contributed by atoms with Gasteiger partial charge in [-0.15, -0.1) is 0 Å². The van der Waals surface area contributed by atoms with E-state index in [0.29, 0.717) is 9.52 Å². The summed E-state index contributed by atoms with van der Waals surface area (Å²) in [6, 6.07) is 2.97. The topological polar surface area (TPSA) is 28.5 Å². The third-order valence-electron chi connectivity index (χ3n) is 0.707. The monoisotopic (exact) mass is 104 g/mol. The second kappa shape index (κ2) is 8.95. The predicted molar refractivity (Wildman–Crippen MR) is 30.2 cm³/mol. The van der Waals surface area contributed by atoms with Gasteiger partial charge in [0, 0.05) is 15.0 Å². The Kier molecular flexibility index (Phi) is 14.2. The molecule has 0 aromatic carbocycles. The Morgan fingerprint density at radius 3 is 1.50 bits per heavy atom. The van der Waals surface area contributed by atoms with Crippen molar-refractivity contribution in [2.24, 2.45) is 0 Å². The van der Waals surface area contributed by atoms with Gasteiger partial charge >= 0.3 is 0 Å². The fourth-order valence-electron chi connectivity index (χ4n) is 0.354. The molecule has 2 heteroatoms. The molecule has 0 aromatic rings. The third kappa shape index (κ3) is 8.90. The van der Waals surface area contributed by atoms with E-state index in [9.17, 15) is 0 Å². The molecule has 0 aliphatic heterocycles. The molecule has 0 fully saturated rings. The molecule has 0 bridgehead atoms. The normalized spacial score (nSPS) is 7.00. The minimum absolute atomic E-state index is 0. The molecule has 0 heterocycles. The Bertz CT molecular complexity index is 15.0. The molecule has 0 saturated carbocycles. The molecule has 1 nitrogen and oxygen atoms in total. The lowest BCUT2D eigenvalue weighted by Gasteiger charge is -1.77. The second-order valence-electron chi connectivity index (χ2n) is 1.35. The summed E-state index contributed by atoms with van der Waals surface area (Å²) in [4.78, 5) is 0. The molecule has 0 N–H and O–H groups in total. The maximum Gasteiger partial charge on any atom is 0.0192 e. The van der Waals surface area contributed by atoms with Crippen LogP contribution in [0.15, 0.2) is 0 Å². The number of hydrogen-bond donors (Lipinski definition) is 0. The van der Waals surface area contributed by atoms with Crippen LogP contribution in [-0.2, 0) is 5.48 Å². The van der Waals surface area contributed by atoms with Crippen LogP contribution in [0.3, 0.4) is 0 Å². The minimum Gasteiger partial charge on any atom is -0.0683 e. The zero-order valence-corrected chi connectivity index (χ0v) is 5.94. The molecule has 0 aliphatic carbocycles. The molecular formula is C4H12OSi. The second-order valence-corrected chi connectivity index (χ2v) is 4.06. The zero-order chi connectivity index (χ0) is 4.12. The average Bonchev–Trinajstić information content (AvgIpc) is 1.41. The molecule has 0 spiro atoms. The Morgan fingerprint density at radius 2 is 1.50 bits per heavy atom. The van der Waals surface area contributed by atoms with E-state index < -0.39 is 0 Å². The third-order valence-corrected chi connectivity index (χ3v) is 2.12. The quantitative estimate of drug-likeness (QED) is 0.466. The maximum absolute atomic E-state index is 2.27. The van der Waals surface area contributed by atoms with Crippen LogP contribution in [0.2, 0.25) is 12.1 Å². The van der Waals surface area contributed by atoms with Gasteiger partial charge in [-0.3, -0.25) is 0 Å². The zero-order valence-electron chi connectivity index (χ0n) is 4.53. The van der Waals surface area contributed by atoms with E-state index in [1.54, 1.807) is 0 Å². The molecule has 0 saturated heterocycles. The Balaban J connectivity index is 0. The highest BCUT2D eigenvalue weighted by atomic mass is 28.2. The van der Waals surface area contributed by atoms with E-state index >= 15 is 0 Å². The lowest BCUT2D eigenvalue weighted by molar-refractivity contribution is 0.686. The van der Waals surface area contributed by atoms with Crippen molar-refractivity contribution in [2.75, 3.05) is 0 Å². The average molecular weight is 104 g/mol. The molecule has 38 valence electrons. The first-order chi connectivity index (χ1) is 2.41. The summed E-state index contributed by atoms with van der Waals surface area (Å²) in [5.41, 5.74) is 0. The van der Waals surface area contributed by atoms with Crippen LogP contribution >= 0.6 is 0 Å². The van der Waals surface area contributed by atoms with Crippen molar-refractivity contribution in [3.63, 3.8) is 0 Å². The van der Waals surface area contributed by atoms with Crippen LogP contribution in [0.1, 0.15) is 13.8 Å². The molecule has 0 rings (SSSR count). The van der Waals surface area contributed by atoms with Crippen LogP contribution in [-0.4, -0.2) is 9.52 Å². The summed E-state index contributed by atoms with van der Waals surface area (Å²) in [6.07, 6.45) is 0. The largest absolute Gasteiger partial charge is 0.0683 e. The van der Waals surface area contributed by atoms with E-state index in [1.165, 1.54) is 12.1 Å². The van der Waals surface area contributed by atoms with E-state index in [2.05, 4.69) is 13.8 Å². The first-order valence-electron chi connectivity index (χ1n) is 2.41. The predicted octanol–water partition coefficient (Wildman–Crippen LogP) is 0.913. The number of hydrogen-bond acceptors (Lipinski definition) is 0. The molecule has 0 amide bonds. The van der Waals surface area contributed by atoms with Gasteiger partial charge in [0.25, 0.3) is 0 Å². The van der Waals surface area contributed by atoms with Crippen molar-refractivity contribution >= 4 is 9.52 Å². The lowest BCUT2D eigenvalue weighted by Crippen LogP contribution is -1.76. The summed E-state index contributed by atoms with van der Waals surface area (Å²) >= 11 is 0. The van der Waals surface area contributed by atoms with Crippen LogP contribution in [0.4, 0.5) is 0 Å². The van der Waals surface area contributed by atoms with Gasteiger partial charge in [-0.05, 0) is 0 Å². The van der Waals surface area contributed by atoms with Gasteiger partial charge in [0.15, 0.2) is 0 Å². The van der Waals surface area contributed by atoms with E-state index in [1.807, 2.05) is 0 Å². The van der Waals surface area contributed by atoms with Crippen molar-refractivity contribution in [2.45, 2.75) is 25.9 Å². The Hall–Kier alpha value is 0.177. The van der Waals surface area contributed by atoms with Gasteiger partial charge in [-0.2, -0.15) is 0 Å². The molecule has 0 atom stereocenters. The van der Waals surface area contributed by atoms with E-state index in [4.69, 9.17) is 0 Å². The van der Waals surface area contributed by atoms with Crippen molar-refractivity contribution in [1.82, 2.24) is 0 Å². The van der Waals surface area contributed by atoms with Crippen LogP contribution in [0, 0.1) is 0 Å². The summed E-state index contributed by atoms with van der Waals surface area (Å²) in [7, 11) is 0.432. The maximum atomic E-state index is 2.27. The van der Waals surface area contributed by atoms with Gasteiger partial charge in [-0.25, -0.2) is 0 Å². The molecule has 0 aliphatic rings. The van der Waals surface area contributed by atoms with Gasteiger partial charge in [0.1, 0.15) is 0 Å². The molecule has 2 radical (unpaired) electrons. The van der Waals surface area contributed by atoms with Gasteiger partial charge in [0.05, 0.1) is 0 Å². The Morgan fingerprint density at radius 1 is 1.17 bits per heavy atom.